The Hall–Kier alpha value is 0.660. The Kier molecular flexibility index (Phi) is 5.26. The van der Waals surface area contributed by atoms with Gasteiger partial charge in [-0.05, 0) is 6.54 Å². The van der Waals surface area contributed by atoms with Crippen molar-refractivity contribution < 1.29 is 0 Å². The van der Waals surface area contributed by atoms with Crippen LogP contribution in [0.5, 0.6) is 0 Å². The summed E-state index contributed by atoms with van der Waals surface area (Å²) in [5.74, 6) is 0. The van der Waals surface area contributed by atoms with Gasteiger partial charge in [0.15, 0.2) is 0 Å². The van der Waals surface area contributed by atoms with E-state index in [1.807, 2.05) is 0 Å². The standard InChI is InChI=1S/C4H11NS2/c1-2-5-3-4(6)7/h4-7H,2-3H2,1H3. The first-order chi connectivity index (χ1) is 3.27. The molecule has 44 valence electrons. The molecule has 7 heavy (non-hydrogen) atoms. The Morgan fingerprint density at radius 2 is 2.14 bits per heavy atom. The molecule has 0 aliphatic rings. The highest BCUT2D eigenvalue weighted by Gasteiger charge is 1.88. The molecule has 0 aliphatic carbocycles. The van der Waals surface area contributed by atoms with Crippen LogP contribution in [0.25, 0.3) is 0 Å². The maximum Gasteiger partial charge on any atom is 0.0566 e. The lowest BCUT2D eigenvalue weighted by atomic mass is 10.7. The van der Waals surface area contributed by atoms with E-state index >= 15 is 0 Å². The van der Waals surface area contributed by atoms with Crippen LogP contribution in [0.2, 0.25) is 0 Å². The van der Waals surface area contributed by atoms with Crippen LogP contribution in [-0.2, 0) is 0 Å². The van der Waals surface area contributed by atoms with E-state index in [0.717, 1.165) is 13.1 Å². The molecule has 0 aromatic rings. The molecule has 1 nitrogen and oxygen atoms in total. The molecule has 0 spiro atoms. The zero-order chi connectivity index (χ0) is 5.70. The van der Waals surface area contributed by atoms with Crippen LogP contribution in [-0.4, -0.2) is 17.7 Å². The van der Waals surface area contributed by atoms with Crippen molar-refractivity contribution in [2.75, 3.05) is 13.1 Å². The molecule has 0 bridgehead atoms. The van der Waals surface area contributed by atoms with E-state index in [2.05, 4.69) is 37.5 Å². The van der Waals surface area contributed by atoms with Gasteiger partial charge in [-0.25, -0.2) is 0 Å². The third-order valence-corrected chi connectivity index (χ3v) is 0.942. The Morgan fingerprint density at radius 1 is 1.57 bits per heavy atom. The van der Waals surface area contributed by atoms with Gasteiger partial charge in [0.1, 0.15) is 0 Å². The second kappa shape index (κ2) is 4.81. The van der Waals surface area contributed by atoms with Crippen LogP contribution in [0.1, 0.15) is 6.92 Å². The molecule has 0 fully saturated rings. The summed E-state index contributed by atoms with van der Waals surface area (Å²) in [5, 5.41) is 3.09. The molecule has 0 unspecified atom stereocenters. The largest absolute Gasteiger partial charge is 0.315 e. The van der Waals surface area contributed by atoms with Crippen molar-refractivity contribution in [1.82, 2.24) is 5.32 Å². The lowest BCUT2D eigenvalue weighted by Gasteiger charge is -2.00. The van der Waals surface area contributed by atoms with Crippen LogP contribution < -0.4 is 5.32 Å². The number of hydrogen-bond donors (Lipinski definition) is 3. The molecule has 0 saturated heterocycles. The van der Waals surface area contributed by atoms with Gasteiger partial charge in [0, 0.05) is 6.54 Å². The van der Waals surface area contributed by atoms with Gasteiger partial charge in [-0.1, -0.05) is 6.92 Å². The van der Waals surface area contributed by atoms with Gasteiger partial charge in [-0.2, -0.15) is 25.3 Å². The van der Waals surface area contributed by atoms with Crippen molar-refractivity contribution in [3.05, 3.63) is 0 Å². The van der Waals surface area contributed by atoms with Crippen molar-refractivity contribution in [2.45, 2.75) is 11.5 Å². The van der Waals surface area contributed by atoms with Crippen LogP contribution in [0, 0.1) is 0 Å². The molecular formula is C4H11NS2. The van der Waals surface area contributed by atoms with Gasteiger partial charge >= 0.3 is 0 Å². The zero-order valence-electron chi connectivity index (χ0n) is 4.39. The van der Waals surface area contributed by atoms with E-state index in [1.54, 1.807) is 0 Å². The van der Waals surface area contributed by atoms with E-state index in [4.69, 9.17) is 0 Å². The number of thiol groups is 2. The fraction of sp³-hybridized carbons (Fsp3) is 1.00. The number of hydrogen-bond acceptors (Lipinski definition) is 3. The highest BCUT2D eigenvalue weighted by atomic mass is 32.2. The van der Waals surface area contributed by atoms with E-state index < -0.39 is 0 Å². The van der Waals surface area contributed by atoms with Crippen LogP contribution in [0.4, 0.5) is 0 Å². The zero-order valence-corrected chi connectivity index (χ0v) is 6.17. The minimum absolute atomic E-state index is 0.181. The summed E-state index contributed by atoms with van der Waals surface area (Å²) in [6.07, 6.45) is 0. The summed E-state index contributed by atoms with van der Waals surface area (Å²) in [6.45, 7) is 3.93. The predicted octanol–water partition coefficient (Wildman–Crippen LogP) is 0.782. The molecule has 0 heterocycles. The number of rotatable bonds is 3. The summed E-state index contributed by atoms with van der Waals surface area (Å²) in [7, 11) is 0. The fourth-order valence-electron chi connectivity index (χ4n) is 0.273. The first kappa shape index (κ1) is 7.66. The summed E-state index contributed by atoms with van der Waals surface area (Å²) >= 11 is 8.07. The Morgan fingerprint density at radius 3 is 2.29 bits per heavy atom. The SMILES string of the molecule is CCNCC(S)S. The molecular weight excluding hydrogens is 126 g/mol. The van der Waals surface area contributed by atoms with Gasteiger partial charge in [0.25, 0.3) is 0 Å². The van der Waals surface area contributed by atoms with E-state index in [1.165, 1.54) is 0 Å². The topological polar surface area (TPSA) is 12.0 Å². The monoisotopic (exact) mass is 137 g/mol. The van der Waals surface area contributed by atoms with E-state index in [9.17, 15) is 0 Å². The minimum atomic E-state index is 0.181. The first-order valence-electron chi connectivity index (χ1n) is 2.34. The van der Waals surface area contributed by atoms with Gasteiger partial charge < -0.3 is 5.32 Å². The van der Waals surface area contributed by atoms with Crippen LogP contribution >= 0.6 is 25.3 Å². The van der Waals surface area contributed by atoms with Crippen LogP contribution in [0.3, 0.4) is 0 Å². The normalized spacial score (nSPS) is 10.3. The average molecular weight is 137 g/mol. The first-order valence-corrected chi connectivity index (χ1v) is 3.37. The molecule has 0 amide bonds. The molecule has 0 rings (SSSR count). The van der Waals surface area contributed by atoms with Crippen molar-refractivity contribution >= 4 is 25.3 Å². The maximum absolute atomic E-state index is 4.03. The Labute approximate surface area is 55.7 Å². The molecule has 0 aromatic carbocycles. The lowest BCUT2D eigenvalue weighted by Crippen LogP contribution is -2.19. The lowest BCUT2D eigenvalue weighted by molar-refractivity contribution is 0.758. The second-order valence-electron chi connectivity index (χ2n) is 1.29. The van der Waals surface area contributed by atoms with Crippen molar-refractivity contribution in [3.63, 3.8) is 0 Å². The highest BCUT2D eigenvalue weighted by molar-refractivity contribution is 7.99. The van der Waals surface area contributed by atoms with E-state index in [0.29, 0.717) is 0 Å². The highest BCUT2D eigenvalue weighted by Crippen LogP contribution is 1.95. The number of nitrogens with one attached hydrogen (secondary N) is 1. The third-order valence-electron chi connectivity index (χ3n) is 0.577. The summed E-state index contributed by atoms with van der Waals surface area (Å²) < 4.78 is 0.181. The average Bonchev–Trinajstić information content (AvgIpc) is 1.61. The van der Waals surface area contributed by atoms with Crippen molar-refractivity contribution in [3.8, 4) is 0 Å². The van der Waals surface area contributed by atoms with Gasteiger partial charge in [-0.3, -0.25) is 0 Å². The molecule has 0 aromatic heterocycles. The van der Waals surface area contributed by atoms with Crippen LogP contribution in [0.15, 0.2) is 0 Å². The molecule has 3 heteroatoms. The summed E-state index contributed by atoms with van der Waals surface area (Å²) in [6, 6.07) is 0. The molecule has 0 aliphatic heterocycles. The Bertz CT molecular complexity index is 38.7. The summed E-state index contributed by atoms with van der Waals surface area (Å²) in [5.41, 5.74) is 0. The van der Waals surface area contributed by atoms with Crippen molar-refractivity contribution in [1.29, 1.82) is 0 Å². The second-order valence-corrected chi connectivity index (χ2v) is 2.94. The summed E-state index contributed by atoms with van der Waals surface area (Å²) in [4.78, 5) is 0. The molecule has 0 atom stereocenters. The Balaban J connectivity index is 2.68. The minimum Gasteiger partial charge on any atom is -0.315 e. The molecule has 0 saturated carbocycles. The quantitative estimate of drug-likeness (QED) is 0.386. The fourth-order valence-corrected chi connectivity index (χ4v) is 0.532. The molecule has 0 radical (unpaired) electrons. The van der Waals surface area contributed by atoms with Gasteiger partial charge in [0.05, 0.1) is 4.58 Å². The predicted molar refractivity (Wildman–Crippen MR) is 40.3 cm³/mol. The third kappa shape index (κ3) is 6.66. The van der Waals surface area contributed by atoms with Gasteiger partial charge in [0.2, 0.25) is 0 Å². The smallest absolute Gasteiger partial charge is 0.0566 e. The molecule has 1 N–H and O–H groups in total. The van der Waals surface area contributed by atoms with E-state index in [-0.39, 0.29) is 4.58 Å². The maximum atomic E-state index is 4.03. The van der Waals surface area contributed by atoms with Crippen molar-refractivity contribution in [2.24, 2.45) is 0 Å². The van der Waals surface area contributed by atoms with Gasteiger partial charge in [-0.15, -0.1) is 0 Å².